The zero-order valence-corrected chi connectivity index (χ0v) is 11.4. The average Bonchev–Trinajstić information content (AvgIpc) is 2.82. The Morgan fingerprint density at radius 2 is 1.88 bits per heavy atom. The normalized spacial score (nSPS) is 12.7. The summed E-state index contributed by atoms with van der Waals surface area (Å²) in [6, 6.07) is 13.3. The molecule has 0 amide bonds. The number of hydrogen-bond donors (Lipinski definition) is 1. The minimum atomic E-state index is 0.373. The maximum atomic E-state index is 3.55. The largest absolute Gasteiger partial charge is 0.378 e. The first-order valence-electron chi connectivity index (χ1n) is 6.06. The lowest BCUT2D eigenvalue weighted by atomic mass is 10.0. The highest BCUT2D eigenvalue weighted by Crippen LogP contribution is 2.25. The maximum Gasteiger partial charge on any atom is 0.0578 e. The van der Waals surface area contributed by atoms with Crippen molar-refractivity contribution in [1.29, 1.82) is 0 Å². The Balaban J connectivity index is 2.11. The van der Waals surface area contributed by atoms with Crippen LogP contribution in [-0.2, 0) is 0 Å². The number of rotatable bonds is 4. The van der Waals surface area contributed by atoms with Crippen LogP contribution in [0.25, 0.3) is 0 Å². The van der Waals surface area contributed by atoms with Crippen molar-refractivity contribution < 1.29 is 0 Å². The van der Waals surface area contributed by atoms with Gasteiger partial charge in [0.15, 0.2) is 0 Å². The highest BCUT2D eigenvalue weighted by atomic mass is 32.1. The van der Waals surface area contributed by atoms with Crippen molar-refractivity contribution in [3.05, 3.63) is 52.2 Å². The van der Waals surface area contributed by atoms with Crippen molar-refractivity contribution in [2.75, 3.05) is 5.32 Å². The first-order chi connectivity index (χ1) is 8.16. The SMILES string of the molecule is CC(C)c1cccc(NC(C)c2cccs2)c1. The molecule has 2 aromatic rings. The third-order valence-corrected chi connectivity index (χ3v) is 3.96. The van der Waals surface area contributed by atoms with Gasteiger partial charge in [-0.05, 0) is 42.0 Å². The zero-order chi connectivity index (χ0) is 12.3. The highest BCUT2D eigenvalue weighted by Gasteiger charge is 2.06. The van der Waals surface area contributed by atoms with Crippen LogP contribution in [0.3, 0.4) is 0 Å². The fraction of sp³-hybridized carbons (Fsp3) is 0.333. The van der Waals surface area contributed by atoms with Crippen LogP contribution in [-0.4, -0.2) is 0 Å². The Hall–Kier alpha value is -1.28. The Morgan fingerprint density at radius 3 is 2.53 bits per heavy atom. The number of nitrogens with one attached hydrogen (secondary N) is 1. The molecule has 1 unspecified atom stereocenters. The monoisotopic (exact) mass is 245 g/mol. The molecule has 0 spiro atoms. The molecule has 0 bridgehead atoms. The summed E-state index contributed by atoms with van der Waals surface area (Å²) >= 11 is 1.80. The van der Waals surface area contributed by atoms with E-state index in [2.05, 4.69) is 67.9 Å². The van der Waals surface area contributed by atoms with Crippen molar-refractivity contribution in [2.45, 2.75) is 32.7 Å². The minimum absolute atomic E-state index is 0.373. The molecular formula is C15H19NS. The molecule has 2 heteroatoms. The number of thiophene rings is 1. The van der Waals surface area contributed by atoms with Gasteiger partial charge < -0.3 is 5.32 Å². The Morgan fingerprint density at radius 1 is 1.06 bits per heavy atom. The zero-order valence-electron chi connectivity index (χ0n) is 10.6. The molecule has 2 rings (SSSR count). The van der Waals surface area contributed by atoms with Gasteiger partial charge in [-0.15, -0.1) is 11.3 Å². The maximum absolute atomic E-state index is 3.55. The van der Waals surface area contributed by atoms with E-state index in [-0.39, 0.29) is 0 Å². The van der Waals surface area contributed by atoms with Crippen LogP contribution in [0.15, 0.2) is 41.8 Å². The Labute approximate surface area is 108 Å². The topological polar surface area (TPSA) is 12.0 Å². The quantitative estimate of drug-likeness (QED) is 0.795. The van der Waals surface area contributed by atoms with Crippen LogP contribution in [0.1, 0.15) is 43.2 Å². The fourth-order valence-electron chi connectivity index (χ4n) is 1.85. The highest BCUT2D eigenvalue weighted by molar-refractivity contribution is 7.10. The van der Waals surface area contributed by atoms with E-state index in [4.69, 9.17) is 0 Å². The van der Waals surface area contributed by atoms with Gasteiger partial charge in [0.1, 0.15) is 0 Å². The van der Waals surface area contributed by atoms with E-state index in [9.17, 15) is 0 Å². The van der Waals surface area contributed by atoms with Gasteiger partial charge in [0, 0.05) is 10.6 Å². The molecule has 0 aliphatic carbocycles. The summed E-state index contributed by atoms with van der Waals surface area (Å²) in [5.74, 6) is 0.578. The molecule has 1 aromatic heterocycles. The smallest absolute Gasteiger partial charge is 0.0578 e. The Kier molecular flexibility index (Phi) is 3.85. The molecule has 0 saturated carbocycles. The van der Waals surface area contributed by atoms with Crippen LogP contribution >= 0.6 is 11.3 Å². The van der Waals surface area contributed by atoms with E-state index in [1.54, 1.807) is 11.3 Å². The number of hydrogen-bond acceptors (Lipinski definition) is 2. The van der Waals surface area contributed by atoms with Crippen molar-refractivity contribution in [2.24, 2.45) is 0 Å². The summed E-state index contributed by atoms with van der Waals surface area (Å²) in [7, 11) is 0. The predicted molar refractivity (Wildman–Crippen MR) is 76.9 cm³/mol. The van der Waals surface area contributed by atoms with Crippen LogP contribution in [0.5, 0.6) is 0 Å². The lowest BCUT2D eigenvalue weighted by Gasteiger charge is -2.15. The summed E-state index contributed by atoms with van der Waals surface area (Å²) in [6.07, 6.45) is 0. The summed E-state index contributed by atoms with van der Waals surface area (Å²) < 4.78 is 0. The van der Waals surface area contributed by atoms with E-state index in [0.717, 1.165) is 0 Å². The van der Waals surface area contributed by atoms with E-state index in [1.807, 2.05) is 0 Å². The summed E-state index contributed by atoms with van der Waals surface area (Å²) in [4.78, 5) is 1.37. The molecular weight excluding hydrogens is 226 g/mol. The molecule has 0 aliphatic rings. The molecule has 90 valence electrons. The van der Waals surface area contributed by atoms with Crippen molar-refractivity contribution >= 4 is 17.0 Å². The summed E-state index contributed by atoms with van der Waals surface area (Å²) in [5, 5.41) is 5.67. The molecule has 1 atom stereocenters. The van der Waals surface area contributed by atoms with Crippen LogP contribution in [0.2, 0.25) is 0 Å². The summed E-state index contributed by atoms with van der Waals surface area (Å²) in [5.41, 5.74) is 2.59. The van der Waals surface area contributed by atoms with Crippen LogP contribution < -0.4 is 5.32 Å². The van der Waals surface area contributed by atoms with Crippen molar-refractivity contribution in [3.63, 3.8) is 0 Å². The van der Waals surface area contributed by atoms with E-state index >= 15 is 0 Å². The third kappa shape index (κ3) is 3.10. The van der Waals surface area contributed by atoms with Gasteiger partial charge in [-0.25, -0.2) is 0 Å². The van der Waals surface area contributed by atoms with Crippen molar-refractivity contribution in [1.82, 2.24) is 0 Å². The van der Waals surface area contributed by atoms with Gasteiger partial charge in [-0.3, -0.25) is 0 Å². The fourth-order valence-corrected chi connectivity index (χ4v) is 2.58. The van der Waals surface area contributed by atoms with Gasteiger partial charge in [-0.1, -0.05) is 32.0 Å². The minimum Gasteiger partial charge on any atom is -0.378 e. The van der Waals surface area contributed by atoms with Gasteiger partial charge in [0.05, 0.1) is 6.04 Å². The second kappa shape index (κ2) is 5.37. The average molecular weight is 245 g/mol. The molecule has 0 aliphatic heterocycles. The molecule has 1 aromatic carbocycles. The molecule has 0 fully saturated rings. The first kappa shape index (κ1) is 12.2. The first-order valence-corrected chi connectivity index (χ1v) is 6.94. The molecule has 1 heterocycles. The molecule has 0 radical (unpaired) electrons. The molecule has 1 nitrogen and oxygen atoms in total. The van der Waals surface area contributed by atoms with Crippen molar-refractivity contribution in [3.8, 4) is 0 Å². The van der Waals surface area contributed by atoms with E-state index in [1.165, 1.54) is 16.1 Å². The lowest BCUT2D eigenvalue weighted by Crippen LogP contribution is -2.05. The summed E-state index contributed by atoms with van der Waals surface area (Å²) in [6.45, 7) is 6.65. The van der Waals surface area contributed by atoms with Gasteiger partial charge in [0.25, 0.3) is 0 Å². The predicted octanol–water partition coefficient (Wildman–Crippen LogP) is 5.04. The van der Waals surface area contributed by atoms with Gasteiger partial charge >= 0.3 is 0 Å². The van der Waals surface area contributed by atoms with Gasteiger partial charge in [0.2, 0.25) is 0 Å². The van der Waals surface area contributed by atoms with Crippen LogP contribution in [0.4, 0.5) is 5.69 Å². The molecule has 1 N–H and O–H groups in total. The van der Waals surface area contributed by atoms with E-state index < -0.39 is 0 Å². The van der Waals surface area contributed by atoms with Crippen LogP contribution in [0, 0.1) is 0 Å². The molecule has 0 saturated heterocycles. The second-order valence-corrected chi connectivity index (χ2v) is 5.64. The number of benzene rings is 1. The second-order valence-electron chi connectivity index (χ2n) is 4.66. The molecule has 17 heavy (non-hydrogen) atoms. The van der Waals surface area contributed by atoms with Gasteiger partial charge in [-0.2, -0.15) is 0 Å². The number of anilines is 1. The Bertz CT molecular complexity index is 460. The standard InChI is InChI=1S/C15H19NS/c1-11(2)13-6-4-7-14(10-13)16-12(3)15-8-5-9-17-15/h4-12,16H,1-3H3. The lowest BCUT2D eigenvalue weighted by molar-refractivity contribution is 0.862. The van der Waals surface area contributed by atoms with E-state index in [0.29, 0.717) is 12.0 Å². The third-order valence-electron chi connectivity index (χ3n) is 2.91.